The number of hydrogen-bond acceptors (Lipinski definition) is 4. The summed E-state index contributed by atoms with van der Waals surface area (Å²) in [7, 11) is 0. The number of aromatic nitrogens is 1. The first-order valence-corrected chi connectivity index (χ1v) is 7.71. The van der Waals surface area contributed by atoms with Gasteiger partial charge in [0.15, 0.2) is 0 Å². The molecule has 0 saturated heterocycles. The molecule has 2 aromatic rings. The van der Waals surface area contributed by atoms with Gasteiger partial charge in [0, 0.05) is 16.8 Å². The van der Waals surface area contributed by atoms with Crippen LogP contribution < -0.4 is 10.5 Å². The van der Waals surface area contributed by atoms with Crippen molar-refractivity contribution >= 4 is 11.3 Å². The lowest BCUT2D eigenvalue weighted by Gasteiger charge is -2.16. The Morgan fingerprint density at radius 2 is 1.95 bits per heavy atom. The molecule has 1 aromatic carbocycles. The average Bonchev–Trinajstić information content (AvgIpc) is 2.84. The molecule has 2 N–H and O–H groups in total. The molecule has 2 rings (SSSR count). The van der Waals surface area contributed by atoms with E-state index in [0.717, 1.165) is 26.9 Å². The van der Waals surface area contributed by atoms with Crippen molar-refractivity contribution in [3.05, 3.63) is 34.8 Å². The zero-order chi connectivity index (χ0) is 14.8. The minimum atomic E-state index is 0.00398. The first kappa shape index (κ1) is 15.0. The molecule has 108 valence electrons. The highest BCUT2D eigenvalue weighted by molar-refractivity contribution is 7.15. The summed E-state index contributed by atoms with van der Waals surface area (Å²) in [5.41, 5.74) is 8.01. The zero-order valence-corrected chi connectivity index (χ0v) is 13.4. The number of nitrogens with zero attached hydrogens (tertiary/aromatic N) is 1. The molecule has 0 amide bonds. The Balaban J connectivity index is 2.51. The molecule has 0 aliphatic rings. The van der Waals surface area contributed by atoms with Gasteiger partial charge in [0.1, 0.15) is 10.8 Å². The number of benzene rings is 1. The standard InChI is InChI=1S/C16H22N2OS/c1-5-19-12-9-7-6-8-11(12)15-18-14(16(2,3)4)13(10-17)20-15/h6-9H,5,10,17H2,1-4H3. The second-order valence-corrected chi connectivity index (χ2v) is 6.76. The van der Waals surface area contributed by atoms with Crippen LogP contribution in [0.4, 0.5) is 0 Å². The third-order valence-corrected chi connectivity index (χ3v) is 4.12. The molecule has 0 bridgehead atoms. The summed E-state index contributed by atoms with van der Waals surface area (Å²) in [5, 5.41) is 0.986. The molecule has 3 nitrogen and oxygen atoms in total. The van der Waals surface area contributed by atoms with E-state index in [4.69, 9.17) is 15.5 Å². The van der Waals surface area contributed by atoms with E-state index in [1.54, 1.807) is 11.3 Å². The SMILES string of the molecule is CCOc1ccccc1-c1nc(C(C)(C)C)c(CN)s1. The van der Waals surface area contributed by atoms with Crippen LogP contribution in [-0.4, -0.2) is 11.6 Å². The number of thiazole rings is 1. The van der Waals surface area contributed by atoms with Gasteiger partial charge in [-0.2, -0.15) is 0 Å². The van der Waals surface area contributed by atoms with Crippen LogP contribution in [-0.2, 0) is 12.0 Å². The van der Waals surface area contributed by atoms with Crippen LogP contribution in [0.25, 0.3) is 10.6 Å². The number of para-hydroxylation sites is 1. The highest BCUT2D eigenvalue weighted by Gasteiger charge is 2.23. The van der Waals surface area contributed by atoms with Crippen molar-refractivity contribution in [2.75, 3.05) is 6.61 Å². The maximum Gasteiger partial charge on any atom is 0.129 e. The molecule has 0 aliphatic carbocycles. The molecular formula is C16H22N2OS. The number of rotatable bonds is 4. The summed E-state index contributed by atoms with van der Waals surface area (Å²) < 4.78 is 5.70. The van der Waals surface area contributed by atoms with E-state index in [0.29, 0.717) is 13.2 Å². The Morgan fingerprint density at radius 3 is 2.50 bits per heavy atom. The fourth-order valence-electron chi connectivity index (χ4n) is 2.12. The van der Waals surface area contributed by atoms with Gasteiger partial charge in [-0.15, -0.1) is 11.3 Å². The molecule has 20 heavy (non-hydrogen) atoms. The smallest absolute Gasteiger partial charge is 0.129 e. The van der Waals surface area contributed by atoms with E-state index in [2.05, 4.69) is 26.8 Å². The van der Waals surface area contributed by atoms with Crippen LogP contribution in [0.2, 0.25) is 0 Å². The van der Waals surface area contributed by atoms with Crippen molar-refractivity contribution in [1.29, 1.82) is 0 Å². The summed E-state index contributed by atoms with van der Waals surface area (Å²) in [5.74, 6) is 0.882. The average molecular weight is 290 g/mol. The van der Waals surface area contributed by atoms with Gasteiger partial charge in [0.2, 0.25) is 0 Å². The van der Waals surface area contributed by atoms with Crippen LogP contribution in [0.1, 0.15) is 38.3 Å². The van der Waals surface area contributed by atoms with E-state index in [1.165, 1.54) is 0 Å². The van der Waals surface area contributed by atoms with Crippen LogP contribution in [0.5, 0.6) is 5.75 Å². The molecule has 0 radical (unpaired) electrons. The molecule has 0 unspecified atom stereocenters. The highest BCUT2D eigenvalue weighted by Crippen LogP contribution is 2.37. The normalized spacial score (nSPS) is 11.7. The van der Waals surface area contributed by atoms with E-state index in [-0.39, 0.29) is 5.41 Å². The lowest BCUT2D eigenvalue weighted by atomic mass is 9.91. The summed E-state index contributed by atoms with van der Waals surface area (Å²) in [6, 6.07) is 8.03. The van der Waals surface area contributed by atoms with Crippen molar-refractivity contribution in [1.82, 2.24) is 4.98 Å². The number of ether oxygens (including phenoxy) is 1. The molecular weight excluding hydrogens is 268 g/mol. The Labute approximate surface area is 124 Å². The molecule has 0 saturated carbocycles. The summed E-state index contributed by atoms with van der Waals surface area (Å²) >= 11 is 1.66. The van der Waals surface area contributed by atoms with E-state index in [1.807, 2.05) is 25.1 Å². The molecule has 1 aromatic heterocycles. The lowest BCUT2D eigenvalue weighted by molar-refractivity contribution is 0.341. The van der Waals surface area contributed by atoms with Crippen LogP contribution in [0.15, 0.2) is 24.3 Å². The fourth-order valence-corrected chi connectivity index (χ4v) is 3.30. The maximum atomic E-state index is 5.87. The predicted octanol–water partition coefficient (Wildman–Crippen LogP) is 3.97. The van der Waals surface area contributed by atoms with Crippen molar-refractivity contribution < 1.29 is 4.74 Å². The molecule has 1 heterocycles. The van der Waals surface area contributed by atoms with E-state index >= 15 is 0 Å². The molecule has 0 atom stereocenters. The van der Waals surface area contributed by atoms with E-state index in [9.17, 15) is 0 Å². The van der Waals surface area contributed by atoms with Crippen molar-refractivity contribution in [3.8, 4) is 16.3 Å². The van der Waals surface area contributed by atoms with Crippen molar-refractivity contribution in [2.45, 2.75) is 39.7 Å². The second kappa shape index (κ2) is 5.94. The monoisotopic (exact) mass is 290 g/mol. The van der Waals surface area contributed by atoms with Gasteiger partial charge in [-0.05, 0) is 19.1 Å². The Morgan fingerprint density at radius 1 is 1.25 bits per heavy atom. The topological polar surface area (TPSA) is 48.1 Å². The third kappa shape index (κ3) is 3.02. The second-order valence-electron chi connectivity index (χ2n) is 5.67. The fraction of sp³-hybridized carbons (Fsp3) is 0.438. The van der Waals surface area contributed by atoms with Gasteiger partial charge in [0.25, 0.3) is 0 Å². The largest absolute Gasteiger partial charge is 0.493 e. The molecule has 0 spiro atoms. The third-order valence-electron chi connectivity index (χ3n) is 3.01. The Kier molecular flexibility index (Phi) is 4.45. The van der Waals surface area contributed by atoms with Gasteiger partial charge >= 0.3 is 0 Å². The van der Waals surface area contributed by atoms with Gasteiger partial charge in [-0.3, -0.25) is 0 Å². The van der Waals surface area contributed by atoms with Crippen LogP contribution in [0.3, 0.4) is 0 Å². The lowest BCUT2D eigenvalue weighted by Crippen LogP contribution is -2.15. The van der Waals surface area contributed by atoms with Crippen molar-refractivity contribution in [3.63, 3.8) is 0 Å². The van der Waals surface area contributed by atoms with Gasteiger partial charge in [-0.25, -0.2) is 4.98 Å². The zero-order valence-electron chi connectivity index (χ0n) is 12.6. The van der Waals surface area contributed by atoms with Crippen LogP contribution in [0, 0.1) is 0 Å². The summed E-state index contributed by atoms with van der Waals surface area (Å²) in [4.78, 5) is 5.98. The number of nitrogens with two attached hydrogens (primary N) is 1. The summed E-state index contributed by atoms with van der Waals surface area (Å²) in [6.07, 6.45) is 0. The first-order chi connectivity index (χ1) is 9.47. The number of hydrogen-bond donors (Lipinski definition) is 1. The molecule has 4 heteroatoms. The first-order valence-electron chi connectivity index (χ1n) is 6.89. The predicted molar refractivity (Wildman–Crippen MR) is 85.3 cm³/mol. The minimum Gasteiger partial charge on any atom is -0.493 e. The minimum absolute atomic E-state index is 0.00398. The molecule has 0 fully saturated rings. The van der Waals surface area contributed by atoms with E-state index < -0.39 is 0 Å². The van der Waals surface area contributed by atoms with Gasteiger partial charge < -0.3 is 10.5 Å². The Hall–Kier alpha value is -1.39. The quantitative estimate of drug-likeness (QED) is 0.927. The molecule has 0 aliphatic heterocycles. The van der Waals surface area contributed by atoms with Gasteiger partial charge in [0.05, 0.1) is 17.9 Å². The van der Waals surface area contributed by atoms with Crippen LogP contribution >= 0.6 is 11.3 Å². The maximum absolute atomic E-state index is 5.87. The van der Waals surface area contributed by atoms with Gasteiger partial charge in [-0.1, -0.05) is 32.9 Å². The highest BCUT2D eigenvalue weighted by atomic mass is 32.1. The van der Waals surface area contributed by atoms with Crippen molar-refractivity contribution in [2.24, 2.45) is 5.73 Å². The summed E-state index contributed by atoms with van der Waals surface area (Å²) in [6.45, 7) is 9.67. The Bertz CT molecular complexity index is 584.